The molecule has 0 aliphatic carbocycles. The molecule has 1 saturated heterocycles. The van der Waals surface area contributed by atoms with E-state index < -0.39 is 5.91 Å². The number of fused-ring (bicyclic) bond motifs is 4. The van der Waals surface area contributed by atoms with E-state index in [9.17, 15) is 9.59 Å². The predicted octanol–water partition coefficient (Wildman–Crippen LogP) is 1.21. The Morgan fingerprint density at radius 2 is 2.12 bits per heavy atom. The van der Waals surface area contributed by atoms with E-state index in [1.54, 1.807) is 41.4 Å². The number of nitrogens with one attached hydrogen (secondary N) is 1. The molecule has 1 fully saturated rings. The molecule has 2 aromatic rings. The van der Waals surface area contributed by atoms with Crippen LogP contribution in [-0.2, 0) is 0 Å². The molecule has 4 rings (SSSR count). The lowest BCUT2D eigenvalue weighted by Gasteiger charge is -2.35. The quantitative estimate of drug-likeness (QED) is 0.864. The summed E-state index contributed by atoms with van der Waals surface area (Å²) in [5, 5.41) is 2.79. The first-order valence-corrected chi connectivity index (χ1v) is 7.70. The number of carbonyl (C=O) groups excluding carboxylic acids is 2. The van der Waals surface area contributed by atoms with Crippen molar-refractivity contribution in [2.24, 2.45) is 5.73 Å². The number of hydrogen-bond donors (Lipinski definition) is 2. The molecule has 1 unspecified atom stereocenters. The number of hydrogen-bond acceptors (Lipinski definition) is 5. The van der Waals surface area contributed by atoms with Crippen LogP contribution >= 0.6 is 0 Å². The van der Waals surface area contributed by atoms with Gasteiger partial charge in [0.2, 0.25) is 0 Å². The molecule has 4 heterocycles. The third-order valence-electron chi connectivity index (χ3n) is 4.32. The number of aromatic nitrogens is 2. The van der Waals surface area contributed by atoms with Gasteiger partial charge >= 0.3 is 6.03 Å². The molecule has 8 heteroatoms. The Morgan fingerprint density at radius 1 is 1.25 bits per heavy atom. The SMILES string of the molecule is NC(=O)c1ccc2c(n1)N(C(=O)Nc1ccccn1)C1CCN2C1. The van der Waals surface area contributed by atoms with Gasteiger partial charge in [0.25, 0.3) is 5.91 Å². The van der Waals surface area contributed by atoms with E-state index in [0.29, 0.717) is 11.6 Å². The van der Waals surface area contributed by atoms with Crippen molar-refractivity contribution in [1.82, 2.24) is 9.97 Å². The Kier molecular flexibility index (Phi) is 3.30. The molecule has 2 bridgehead atoms. The molecule has 0 spiro atoms. The van der Waals surface area contributed by atoms with Gasteiger partial charge in [-0.2, -0.15) is 0 Å². The van der Waals surface area contributed by atoms with Crippen molar-refractivity contribution >= 4 is 29.3 Å². The minimum absolute atomic E-state index is 0.0110. The van der Waals surface area contributed by atoms with E-state index >= 15 is 0 Å². The summed E-state index contributed by atoms with van der Waals surface area (Å²) in [6, 6.07) is 8.39. The van der Waals surface area contributed by atoms with E-state index in [-0.39, 0.29) is 17.8 Å². The topological polar surface area (TPSA) is 104 Å². The number of urea groups is 1. The molecule has 0 aromatic carbocycles. The van der Waals surface area contributed by atoms with Crippen molar-refractivity contribution in [3.8, 4) is 0 Å². The highest BCUT2D eigenvalue weighted by Gasteiger charge is 2.40. The first kappa shape index (κ1) is 14.4. The van der Waals surface area contributed by atoms with Crippen molar-refractivity contribution < 1.29 is 9.59 Å². The molecule has 3 amide bonds. The summed E-state index contributed by atoms with van der Waals surface area (Å²) in [5.41, 5.74) is 6.32. The van der Waals surface area contributed by atoms with Crippen molar-refractivity contribution in [2.45, 2.75) is 12.5 Å². The van der Waals surface area contributed by atoms with Crippen molar-refractivity contribution in [1.29, 1.82) is 0 Å². The number of primary amides is 1. The maximum Gasteiger partial charge on any atom is 0.329 e. The van der Waals surface area contributed by atoms with E-state index in [4.69, 9.17) is 5.73 Å². The standard InChI is InChI=1S/C16H16N6O2/c17-14(23)11-4-5-12-15(19-11)22(10-6-8-21(12)9-10)16(24)20-13-3-1-2-7-18-13/h1-5,7,10H,6,8-9H2,(H2,17,23)(H,18,20,24). The molecule has 0 saturated carbocycles. The van der Waals surface area contributed by atoms with Crippen LogP contribution in [0.2, 0.25) is 0 Å². The second kappa shape index (κ2) is 5.48. The number of carbonyl (C=O) groups is 2. The number of nitrogens with zero attached hydrogens (tertiary/aromatic N) is 4. The van der Waals surface area contributed by atoms with Gasteiger partial charge in [0, 0.05) is 19.3 Å². The number of anilines is 3. The Morgan fingerprint density at radius 3 is 2.88 bits per heavy atom. The van der Waals surface area contributed by atoms with E-state index in [0.717, 1.165) is 25.2 Å². The third kappa shape index (κ3) is 2.32. The van der Waals surface area contributed by atoms with Gasteiger partial charge in [-0.1, -0.05) is 6.07 Å². The van der Waals surface area contributed by atoms with E-state index in [2.05, 4.69) is 20.2 Å². The fourth-order valence-electron chi connectivity index (χ4n) is 3.22. The van der Waals surface area contributed by atoms with Gasteiger partial charge in [-0.05, 0) is 30.7 Å². The van der Waals surface area contributed by atoms with Crippen molar-refractivity contribution in [2.75, 3.05) is 28.2 Å². The summed E-state index contributed by atoms with van der Waals surface area (Å²) in [4.78, 5) is 36.5. The first-order chi connectivity index (χ1) is 11.6. The fraction of sp³-hybridized carbons (Fsp3) is 0.250. The van der Waals surface area contributed by atoms with Crippen LogP contribution in [0, 0.1) is 0 Å². The average Bonchev–Trinajstić information content (AvgIpc) is 3.00. The fourth-order valence-corrected chi connectivity index (χ4v) is 3.22. The van der Waals surface area contributed by atoms with Crippen molar-refractivity contribution in [3.05, 3.63) is 42.2 Å². The van der Waals surface area contributed by atoms with Gasteiger partial charge < -0.3 is 10.6 Å². The van der Waals surface area contributed by atoms with Gasteiger partial charge in [-0.3, -0.25) is 15.0 Å². The lowest BCUT2D eigenvalue weighted by molar-refractivity contribution is 0.0995. The lowest BCUT2D eigenvalue weighted by atomic mass is 10.1. The summed E-state index contributed by atoms with van der Waals surface area (Å²) >= 11 is 0. The number of rotatable bonds is 2. The maximum absolute atomic E-state index is 12.8. The zero-order chi connectivity index (χ0) is 16.7. The third-order valence-corrected chi connectivity index (χ3v) is 4.32. The number of amides is 3. The minimum Gasteiger partial charge on any atom is -0.366 e. The van der Waals surface area contributed by atoms with Gasteiger partial charge in [-0.15, -0.1) is 0 Å². The predicted molar refractivity (Wildman–Crippen MR) is 89.1 cm³/mol. The van der Waals surface area contributed by atoms with Crippen molar-refractivity contribution in [3.63, 3.8) is 0 Å². The Hall–Kier alpha value is -3.16. The zero-order valence-corrected chi connectivity index (χ0v) is 12.8. The molecular formula is C16H16N6O2. The van der Waals surface area contributed by atoms with E-state index in [1.807, 2.05) is 0 Å². The summed E-state index contributed by atoms with van der Waals surface area (Å²) in [6.07, 6.45) is 2.46. The van der Waals surface area contributed by atoms with Crippen LogP contribution in [0.25, 0.3) is 0 Å². The molecule has 1 atom stereocenters. The highest BCUT2D eigenvalue weighted by molar-refractivity contribution is 6.04. The van der Waals surface area contributed by atoms with Gasteiger partial charge in [0.15, 0.2) is 5.82 Å². The second-order valence-electron chi connectivity index (χ2n) is 5.81. The van der Waals surface area contributed by atoms with E-state index in [1.165, 1.54) is 0 Å². The Bertz CT molecular complexity index is 809. The first-order valence-electron chi connectivity index (χ1n) is 7.70. The maximum atomic E-state index is 12.8. The molecule has 2 aliphatic rings. The molecule has 8 nitrogen and oxygen atoms in total. The Balaban J connectivity index is 1.72. The van der Waals surface area contributed by atoms with Gasteiger partial charge in [0.05, 0.1) is 11.7 Å². The summed E-state index contributed by atoms with van der Waals surface area (Å²) in [7, 11) is 0. The van der Waals surface area contributed by atoms with Crippen LogP contribution in [0.1, 0.15) is 16.9 Å². The molecular weight excluding hydrogens is 308 g/mol. The van der Waals surface area contributed by atoms with Crippen LogP contribution in [0.3, 0.4) is 0 Å². The summed E-state index contributed by atoms with van der Waals surface area (Å²) in [6.45, 7) is 1.60. The second-order valence-corrected chi connectivity index (χ2v) is 5.81. The number of pyridine rings is 2. The Labute approximate surface area is 138 Å². The molecule has 3 N–H and O–H groups in total. The molecule has 24 heavy (non-hydrogen) atoms. The van der Waals surface area contributed by atoms with Crippen LogP contribution in [0.15, 0.2) is 36.5 Å². The normalized spacial score (nSPS) is 18.2. The molecule has 0 radical (unpaired) electrons. The summed E-state index contributed by atoms with van der Waals surface area (Å²) < 4.78 is 0. The van der Waals surface area contributed by atoms with Crippen LogP contribution < -0.4 is 20.9 Å². The highest BCUT2D eigenvalue weighted by atomic mass is 16.2. The smallest absolute Gasteiger partial charge is 0.329 e. The molecule has 2 aromatic heterocycles. The highest BCUT2D eigenvalue weighted by Crippen LogP contribution is 2.39. The largest absolute Gasteiger partial charge is 0.366 e. The van der Waals surface area contributed by atoms with Gasteiger partial charge in [0.1, 0.15) is 11.5 Å². The lowest BCUT2D eigenvalue weighted by Crippen LogP contribution is -2.48. The van der Waals surface area contributed by atoms with Crippen LogP contribution in [0.4, 0.5) is 22.1 Å². The van der Waals surface area contributed by atoms with Crippen LogP contribution in [0.5, 0.6) is 0 Å². The average molecular weight is 324 g/mol. The minimum atomic E-state index is -0.615. The summed E-state index contributed by atoms with van der Waals surface area (Å²) in [5.74, 6) is 0.319. The molecule has 2 aliphatic heterocycles. The number of nitrogens with two attached hydrogens (primary N) is 1. The van der Waals surface area contributed by atoms with Crippen LogP contribution in [-0.4, -0.2) is 41.0 Å². The monoisotopic (exact) mass is 324 g/mol. The molecule has 122 valence electrons. The zero-order valence-electron chi connectivity index (χ0n) is 12.8. The van der Waals surface area contributed by atoms with Gasteiger partial charge in [-0.25, -0.2) is 14.8 Å².